The Bertz CT molecular complexity index is 150. The van der Waals surface area contributed by atoms with Crippen molar-refractivity contribution in [2.24, 2.45) is 0 Å². The summed E-state index contributed by atoms with van der Waals surface area (Å²) in [5.41, 5.74) is 0. The maximum atomic E-state index is 2.41. The smallest absolute Gasteiger partial charge is 0.0675 e. The molecule has 0 saturated carbocycles. The van der Waals surface area contributed by atoms with Gasteiger partial charge in [-0.05, 0) is 11.8 Å². The van der Waals surface area contributed by atoms with E-state index in [0.29, 0.717) is 0 Å². The summed E-state index contributed by atoms with van der Waals surface area (Å²) in [6, 6.07) is 0. The van der Waals surface area contributed by atoms with Gasteiger partial charge in [-0.2, -0.15) is 0 Å². The summed E-state index contributed by atoms with van der Waals surface area (Å²) in [5.74, 6) is 1.18. The molecular formula is C11H22ClNS. The number of hydrogen-bond donors (Lipinski definition) is 0. The van der Waals surface area contributed by atoms with Gasteiger partial charge in [-0.1, -0.05) is 39.0 Å². The fraction of sp³-hybridized carbons (Fsp3) is 0.818. The van der Waals surface area contributed by atoms with Gasteiger partial charge in [-0.25, -0.2) is 0 Å². The standard InChI is InChI=1S/C11H21NS.ClH/c1-2-3-4-5-6-7-8-12-9-10-13-11-12;/h9-10H,2-8,11H2,1H3;1H. The Balaban J connectivity index is 0.00000169. The fourth-order valence-electron chi connectivity index (χ4n) is 1.55. The van der Waals surface area contributed by atoms with E-state index in [1.807, 2.05) is 11.8 Å². The normalized spacial score (nSPS) is 14.5. The van der Waals surface area contributed by atoms with Crippen LogP contribution >= 0.6 is 24.2 Å². The summed E-state index contributed by atoms with van der Waals surface area (Å²) in [6.45, 7) is 3.53. The number of hydrogen-bond acceptors (Lipinski definition) is 2. The molecule has 0 aliphatic carbocycles. The summed E-state index contributed by atoms with van der Waals surface area (Å²) in [4.78, 5) is 2.41. The average molecular weight is 236 g/mol. The zero-order valence-corrected chi connectivity index (χ0v) is 10.7. The van der Waals surface area contributed by atoms with E-state index in [2.05, 4.69) is 23.4 Å². The van der Waals surface area contributed by atoms with Crippen LogP contribution in [-0.4, -0.2) is 17.3 Å². The SMILES string of the molecule is CCCCCCCCN1C=CSC1.Cl. The molecule has 3 heteroatoms. The van der Waals surface area contributed by atoms with Gasteiger partial charge in [-0.3, -0.25) is 0 Å². The molecule has 0 aromatic rings. The first-order valence-electron chi connectivity index (χ1n) is 5.46. The van der Waals surface area contributed by atoms with E-state index < -0.39 is 0 Å². The number of rotatable bonds is 7. The first-order valence-corrected chi connectivity index (χ1v) is 6.50. The molecule has 0 aromatic carbocycles. The van der Waals surface area contributed by atoms with Gasteiger partial charge in [0.25, 0.3) is 0 Å². The molecule has 1 rings (SSSR count). The van der Waals surface area contributed by atoms with E-state index in [4.69, 9.17) is 0 Å². The van der Waals surface area contributed by atoms with Crippen LogP contribution in [-0.2, 0) is 0 Å². The third-order valence-electron chi connectivity index (χ3n) is 2.41. The highest BCUT2D eigenvalue weighted by Crippen LogP contribution is 2.15. The summed E-state index contributed by atoms with van der Waals surface area (Å²) in [7, 11) is 0. The van der Waals surface area contributed by atoms with Crippen molar-refractivity contribution in [3.63, 3.8) is 0 Å². The summed E-state index contributed by atoms with van der Waals surface area (Å²) < 4.78 is 0. The highest BCUT2D eigenvalue weighted by molar-refractivity contribution is 8.02. The van der Waals surface area contributed by atoms with Crippen molar-refractivity contribution in [2.75, 3.05) is 12.4 Å². The molecule has 14 heavy (non-hydrogen) atoms. The van der Waals surface area contributed by atoms with Crippen LogP contribution < -0.4 is 0 Å². The molecule has 84 valence electrons. The number of thioether (sulfide) groups is 1. The first-order chi connectivity index (χ1) is 6.43. The maximum Gasteiger partial charge on any atom is 0.0675 e. The van der Waals surface area contributed by atoms with E-state index >= 15 is 0 Å². The Morgan fingerprint density at radius 2 is 1.86 bits per heavy atom. The average Bonchev–Trinajstić information content (AvgIpc) is 2.63. The highest BCUT2D eigenvalue weighted by Gasteiger charge is 2.02. The molecule has 1 aliphatic rings. The van der Waals surface area contributed by atoms with Crippen molar-refractivity contribution in [1.82, 2.24) is 4.90 Å². The predicted octanol–water partition coefficient (Wildman–Crippen LogP) is 4.25. The Labute approximate surface area is 98.7 Å². The van der Waals surface area contributed by atoms with Gasteiger partial charge < -0.3 is 4.90 Å². The second-order valence-electron chi connectivity index (χ2n) is 3.66. The van der Waals surface area contributed by atoms with Crippen molar-refractivity contribution in [2.45, 2.75) is 45.4 Å². The van der Waals surface area contributed by atoms with Gasteiger partial charge in [-0.15, -0.1) is 24.2 Å². The van der Waals surface area contributed by atoms with Gasteiger partial charge in [0.15, 0.2) is 0 Å². The molecule has 0 N–H and O–H groups in total. The zero-order valence-electron chi connectivity index (χ0n) is 9.08. The Morgan fingerprint density at radius 1 is 1.14 bits per heavy atom. The molecule has 0 radical (unpaired) electrons. The first kappa shape index (κ1) is 14.2. The highest BCUT2D eigenvalue weighted by atomic mass is 35.5. The topological polar surface area (TPSA) is 3.24 Å². The van der Waals surface area contributed by atoms with Gasteiger partial charge in [0.1, 0.15) is 0 Å². The van der Waals surface area contributed by atoms with Crippen LogP contribution in [0.3, 0.4) is 0 Å². The lowest BCUT2D eigenvalue weighted by atomic mass is 10.1. The minimum absolute atomic E-state index is 0. The third-order valence-corrected chi connectivity index (χ3v) is 3.20. The molecule has 1 heterocycles. The summed E-state index contributed by atoms with van der Waals surface area (Å²) in [6.07, 6.45) is 10.6. The van der Waals surface area contributed by atoms with Crippen LogP contribution in [0.25, 0.3) is 0 Å². The lowest BCUT2D eigenvalue weighted by Gasteiger charge is -2.13. The van der Waals surface area contributed by atoms with Crippen molar-refractivity contribution < 1.29 is 0 Å². The van der Waals surface area contributed by atoms with E-state index in [1.54, 1.807) is 0 Å². The molecular weight excluding hydrogens is 214 g/mol. The predicted molar refractivity (Wildman–Crippen MR) is 68.9 cm³/mol. The van der Waals surface area contributed by atoms with Gasteiger partial charge in [0.05, 0.1) is 5.88 Å². The molecule has 0 aromatic heterocycles. The number of unbranched alkanes of at least 4 members (excludes halogenated alkanes) is 5. The van der Waals surface area contributed by atoms with E-state index in [1.165, 1.54) is 50.9 Å². The van der Waals surface area contributed by atoms with E-state index in [-0.39, 0.29) is 12.4 Å². The lowest BCUT2D eigenvalue weighted by molar-refractivity contribution is 0.421. The molecule has 0 unspecified atom stereocenters. The molecule has 0 atom stereocenters. The largest absolute Gasteiger partial charge is 0.367 e. The number of nitrogens with zero attached hydrogens (tertiary/aromatic N) is 1. The van der Waals surface area contributed by atoms with E-state index in [0.717, 1.165) is 0 Å². The quantitative estimate of drug-likeness (QED) is 0.607. The second kappa shape index (κ2) is 9.72. The van der Waals surface area contributed by atoms with Crippen molar-refractivity contribution in [3.8, 4) is 0 Å². The third kappa shape index (κ3) is 6.61. The van der Waals surface area contributed by atoms with Gasteiger partial charge in [0, 0.05) is 12.7 Å². The Kier molecular flexibility index (Phi) is 9.85. The summed E-state index contributed by atoms with van der Waals surface area (Å²) >= 11 is 1.90. The Hall–Kier alpha value is 0.180. The molecule has 0 amide bonds. The maximum absolute atomic E-state index is 2.41. The van der Waals surface area contributed by atoms with Crippen molar-refractivity contribution in [3.05, 3.63) is 11.6 Å². The monoisotopic (exact) mass is 235 g/mol. The molecule has 1 nitrogen and oxygen atoms in total. The molecule has 1 aliphatic heterocycles. The fourth-order valence-corrected chi connectivity index (χ4v) is 2.30. The number of halogens is 1. The van der Waals surface area contributed by atoms with Crippen LogP contribution in [0.1, 0.15) is 45.4 Å². The minimum atomic E-state index is 0. The zero-order chi connectivity index (χ0) is 9.36. The van der Waals surface area contributed by atoms with Crippen LogP contribution in [0, 0.1) is 0 Å². The molecule has 0 fully saturated rings. The second-order valence-corrected chi connectivity index (χ2v) is 4.52. The van der Waals surface area contributed by atoms with Crippen LogP contribution in [0.5, 0.6) is 0 Å². The van der Waals surface area contributed by atoms with Crippen LogP contribution in [0.4, 0.5) is 0 Å². The van der Waals surface area contributed by atoms with Crippen LogP contribution in [0.2, 0.25) is 0 Å². The molecule has 0 bridgehead atoms. The molecule has 0 saturated heterocycles. The minimum Gasteiger partial charge on any atom is -0.367 e. The van der Waals surface area contributed by atoms with Crippen molar-refractivity contribution >= 4 is 24.2 Å². The van der Waals surface area contributed by atoms with E-state index in [9.17, 15) is 0 Å². The molecule has 0 spiro atoms. The van der Waals surface area contributed by atoms with Crippen LogP contribution in [0.15, 0.2) is 11.6 Å². The van der Waals surface area contributed by atoms with Gasteiger partial charge in [0.2, 0.25) is 0 Å². The van der Waals surface area contributed by atoms with Gasteiger partial charge >= 0.3 is 0 Å². The summed E-state index contributed by atoms with van der Waals surface area (Å²) in [5, 5.41) is 2.19. The van der Waals surface area contributed by atoms with Crippen molar-refractivity contribution in [1.29, 1.82) is 0 Å². The Morgan fingerprint density at radius 3 is 2.50 bits per heavy atom. The lowest BCUT2D eigenvalue weighted by Crippen LogP contribution is -2.14.